The zero-order valence-electron chi connectivity index (χ0n) is 13.2. The Morgan fingerprint density at radius 1 is 0.727 bits per heavy atom. The van der Waals surface area contributed by atoms with Gasteiger partial charge in [-0.15, -0.1) is 0 Å². The first kappa shape index (κ1) is 14.0. The number of piperidine rings is 1. The zero-order chi connectivity index (χ0) is 14.8. The molecule has 2 aromatic rings. The van der Waals surface area contributed by atoms with Gasteiger partial charge < -0.3 is 4.90 Å². The first-order valence-electron chi connectivity index (χ1n) is 8.76. The molecule has 1 heteroatoms. The molecular formula is C21H25N. The van der Waals surface area contributed by atoms with E-state index in [0.29, 0.717) is 0 Å². The van der Waals surface area contributed by atoms with Crippen LogP contribution < -0.4 is 0 Å². The highest BCUT2D eigenvalue weighted by Crippen LogP contribution is 2.31. The molecule has 2 aliphatic rings. The average molecular weight is 291 g/mol. The van der Waals surface area contributed by atoms with Crippen LogP contribution in [0.4, 0.5) is 0 Å². The normalized spacial score (nSPS) is 23.2. The number of aryl methyl sites for hydroxylation is 1. The third-order valence-electron chi connectivity index (χ3n) is 5.64. The zero-order valence-corrected chi connectivity index (χ0v) is 13.2. The Labute approximate surface area is 134 Å². The molecule has 1 atom stereocenters. The van der Waals surface area contributed by atoms with Crippen LogP contribution in [0.15, 0.2) is 54.6 Å². The van der Waals surface area contributed by atoms with Gasteiger partial charge in [-0.05, 0) is 67.8 Å². The third kappa shape index (κ3) is 2.83. The van der Waals surface area contributed by atoms with Crippen molar-refractivity contribution >= 4 is 0 Å². The van der Waals surface area contributed by atoms with Crippen molar-refractivity contribution < 1.29 is 0 Å². The molecule has 0 saturated carbocycles. The van der Waals surface area contributed by atoms with E-state index in [1.165, 1.54) is 50.8 Å². The van der Waals surface area contributed by atoms with Gasteiger partial charge in [0.25, 0.3) is 0 Å². The Balaban J connectivity index is 1.38. The van der Waals surface area contributed by atoms with Crippen molar-refractivity contribution in [3.05, 3.63) is 71.3 Å². The van der Waals surface area contributed by atoms with E-state index in [2.05, 4.69) is 59.5 Å². The van der Waals surface area contributed by atoms with Gasteiger partial charge in [0.05, 0.1) is 0 Å². The van der Waals surface area contributed by atoms with Gasteiger partial charge in [-0.25, -0.2) is 0 Å². The molecule has 22 heavy (non-hydrogen) atoms. The molecule has 4 rings (SSSR count). The fraction of sp³-hybridized carbons (Fsp3) is 0.429. The van der Waals surface area contributed by atoms with E-state index < -0.39 is 0 Å². The smallest absolute Gasteiger partial charge is 0.0139 e. The standard InChI is InChI=1S/C21H25N/c1-2-6-17(7-3-1)19-12-14-22(15-13-19)21-11-10-18-8-4-5-9-20(18)16-21/h1-9,19,21H,10-16H2. The molecule has 1 fully saturated rings. The Kier molecular flexibility index (Phi) is 3.99. The van der Waals surface area contributed by atoms with Crippen LogP contribution in [0.25, 0.3) is 0 Å². The lowest BCUT2D eigenvalue weighted by Gasteiger charge is -2.40. The lowest BCUT2D eigenvalue weighted by molar-refractivity contribution is 0.140. The second kappa shape index (κ2) is 6.26. The molecule has 114 valence electrons. The average Bonchev–Trinajstić information content (AvgIpc) is 2.62. The second-order valence-corrected chi connectivity index (χ2v) is 6.89. The van der Waals surface area contributed by atoms with E-state index in [1.807, 2.05) is 0 Å². The van der Waals surface area contributed by atoms with Crippen molar-refractivity contribution in [3.63, 3.8) is 0 Å². The molecule has 1 aliphatic carbocycles. The van der Waals surface area contributed by atoms with Gasteiger partial charge in [0.15, 0.2) is 0 Å². The monoisotopic (exact) mass is 291 g/mol. The summed E-state index contributed by atoms with van der Waals surface area (Å²) < 4.78 is 0. The first-order chi connectivity index (χ1) is 10.9. The van der Waals surface area contributed by atoms with Crippen LogP contribution in [-0.2, 0) is 12.8 Å². The summed E-state index contributed by atoms with van der Waals surface area (Å²) in [5, 5.41) is 0. The summed E-state index contributed by atoms with van der Waals surface area (Å²) in [6, 6.07) is 20.9. The van der Waals surface area contributed by atoms with Gasteiger partial charge in [0, 0.05) is 6.04 Å². The van der Waals surface area contributed by atoms with Crippen LogP contribution in [0.5, 0.6) is 0 Å². The predicted molar refractivity (Wildman–Crippen MR) is 92.2 cm³/mol. The fourth-order valence-electron chi connectivity index (χ4n) is 4.31. The predicted octanol–water partition coefficient (Wildman–Crippen LogP) is 4.42. The molecule has 2 aromatic carbocycles. The van der Waals surface area contributed by atoms with Crippen LogP contribution in [0.3, 0.4) is 0 Å². The minimum absolute atomic E-state index is 0.770. The highest BCUT2D eigenvalue weighted by Gasteiger charge is 2.28. The maximum absolute atomic E-state index is 2.76. The summed E-state index contributed by atoms with van der Waals surface area (Å²) in [7, 11) is 0. The molecule has 0 amide bonds. The van der Waals surface area contributed by atoms with Crippen molar-refractivity contribution in [1.82, 2.24) is 4.90 Å². The van der Waals surface area contributed by atoms with Crippen LogP contribution in [0.1, 0.15) is 41.9 Å². The molecule has 0 spiro atoms. The van der Waals surface area contributed by atoms with Crippen LogP contribution in [-0.4, -0.2) is 24.0 Å². The van der Waals surface area contributed by atoms with Crippen molar-refractivity contribution in [2.45, 2.75) is 44.1 Å². The summed E-state index contributed by atoms with van der Waals surface area (Å²) in [4.78, 5) is 2.76. The molecule has 0 bridgehead atoms. The maximum atomic E-state index is 2.76. The molecule has 1 nitrogen and oxygen atoms in total. The molecule has 0 aromatic heterocycles. The van der Waals surface area contributed by atoms with Gasteiger partial charge >= 0.3 is 0 Å². The number of hydrogen-bond donors (Lipinski definition) is 0. The number of rotatable bonds is 2. The number of nitrogens with zero attached hydrogens (tertiary/aromatic N) is 1. The summed E-state index contributed by atoms with van der Waals surface area (Å²) in [6.45, 7) is 2.54. The van der Waals surface area contributed by atoms with E-state index in [1.54, 1.807) is 11.1 Å². The van der Waals surface area contributed by atoms with Crippen molar-refractivity contribution in [1.29, 1.82) is 0 Å². The van der Waals surface area contributed by atoms with Gasteiger partial charge in [-0.1, -0.05) is 54.6 Å². The molecule has 1 heterocycles. The molecule has 1 aliphatic heterocycles. The van der Waals surface area contributed by atoms with E-state index in [4.69, 9.17) is 0 Å². The Morgan fingerprint density at radius 3 is 2.18 bits per heavy atom. The van der Waals surface area contributed by atoms with E-state index in [-0.39, 0.29) is 0 Å². The second-order valence-electron chi connectivity index (χ2n) is 6.89. The van der Waals surface area contributed by atoms with E-state index >= 15 is 0 Å². The quantitative estimate of drug-likeness (QED) is 0.791. The highest BCUT2D eigenvalue weighted by molar-refractivity contribution is 5.30. The number of likely N-dealkylation sites (tertiary alicyclic amines) is 1. The highest BCUT2D eigenvalue weighted by atomic mass is 15.2. The van der Waals surface area contributed by atoms with Gasteiger partial charge in [0.2, 0.25) is 0 Å². The molecule has 1 unspecified atom stereocenters. The maximum Gasteiger partial charge on any atom is 0.0139 e. The van der Waals surface area contributed by atoms with Crippen molar-refractivity contribution in [3.8, 4) is 0 Å². The summed E-state index contributed by atoms with van der Waals surface area (Å²) >= 11 is 0. The molecule has 0 radical (unpaired) electrons. The topological polar surface area (TPSA) is 3.24 Å². The Morgan fingerprint density at radius 2 is 1.41 bits per heavy atom. The van der Waals surface area contributed by atoms with Gasteiger partial charge in [0.1, 0.15) is 0 Å². The SMILES string of the molecule is c1ccc(C2CCN(C3CCc4ccccc4C3)CC2)cc1. The molecule has 0 N–H and O–H groups in total. The first-order valence-corrected chi connectivity index (χ1v) is 8.76. The minimum Gasteiger partial charge on any atom is -0.300 e. The Bertz CT molecular complexity index is 611. The fourth-order valence-corrected chi connectivity index (χ4v) is 4.31. The van der Waals surface area contributed by atoms with Crippen LogP contribution in [0.2, 0.25) is 0 Å². The number of fused-ring (bicyclic) bond motifs is 1. The number of benzene rings is 2. The van der Waals surface area contributed by atoms with Crippen LogP contribution >= 0.6 is 0 Å². The lowest BCUT2D eigenvalue weighted by atomic mass is 9.84. The Hall–Kier alpha value is -1.60. The van der Waals surface area contributed by atoms with Crippen LogP contribution in [0, 0.1) is 0 Å². The van der Waals surface area contributed by atoms with E-state index in [9.17, 15) is 0 Å². The summed E-state index contributed by atoms with van der Waals surface area (Å²) in [6.07, 6.45) is 6.50. The third-order valence-corrected chi connectivity index (χ3v) is 5.64. The van der Waals surface area contributed by atoms with Gasteiger partial charge in [-0.2, -0.15) is 0 Å². The molecular weight excluding hydrogens is 266 g/mol. The summed E-state index contributed by atoms with van der Waals surface area (Å²) in [5.74, 6) is 0.772. The number of hydrogen-bond acceptors (Lipinski definition) is 1. The summed E-state index contributed by atoms with van der Waals surface area (Å²) in [5.41, 5.74) is 4.71. The lowest BCUT2D eigenvalue weighted by Crippen LogP contribution is -2.43. The van der Waals surface area contributed by atoms with Gasteiger partial charge in [-0.3, -0.25) is 0 Å². The van der Waals surface area contributed by atoms with Crippen molar-refractivity contribution in [2.24, 2.45) is 0 Å². The van der Waals surface area contributed by atoms with Crippen molar-refractivity contribution in [2.75, 3.05) is 13.1 Å². The minimum atomic E-state index is 0.770. The molecule has 1 saturated heterocycles. The largest absolute Gasteiger partial charge is 0.300 e. The van der Waals surface area contributed by atoms with E-state index in [0.717, 1.165) is 12.0 Å².